The third-order valence-corrected chi connectivity index (χ3v) is 5.14. The Morgan fingerprint density at radius 2 is 1.77 bits per heavy atom. The standard InChI is InChI=1S/C20H33NO/c1-3-5-6-7-12-19(4-2)21-15-20(22)18-13-16-10-8-9-11-17(16)14-18/h8-11,18-22H,3-7,12-15H2,1-2H3. The molecule has 1 aliphatic rings. The first-order valence-corrected chi connectivity index (χ1v) is 9.22. The van der Waals surface area contributed by atoms with E-state index in [4.69, 9.17) is 0 Å². The normalized spacial score (nSPS) is 17.4. The summed E-state index contributed by atoms with van der Waals surface area (Å²) >= 11 is 0. The van der Waals surface area contributed by atoms with E-state index in [1.54, 1.807) is 0 Å². The summed E-state index contributed by atoms with van der Waals surface area (Å²) in [7, 11) is 0. The topological polar surface area (TPSA) is 32.3 Å². The van der Waals surface area contributed by atoms with E-state index in [1.807, 2.05) is 0 Å². The summed E-state index contributed by atoms with van der Waals surface area (Å²) < 4.78 is 0. The molecule has 1 aromatic carbocycles. The Kier molecular flexibility index (Phi) is 7.41. The van der Waals surface area contributed by atoms with Gasteiger partial charge in [-0.25, -0.2) is 0 Å². The van der Waals surface area contributed by atoms with Crippen LogP contribution in [0.1, 0.15) is 63.5 Å². The molecular formula is C20H33NO. The zero-order chi connectivity index (χ0) is 15.8. The number of hydrogen-bond acceptors (Lipinski definition) is 2. The largest absolute Gasteiger partial charge is 0.391 e. The zero-order valence-electron chi connectivity index (χ0n) is 14.4. The molecule has 2 nitrogen and oxygen atoms in total. The molecule has 0 saturated carbocycles. The molecule has 22 heavy (non-hydrogen) atoms. The van der Waals surface area contributed by atoms with Gasteiger partial charge in [-0.3, -0.25) is 0 Å². The van der Waals surface area contributed by atoms with Gasteiger partial charge in [-0.15, -0.1) is 0 Å². The van der Waals surface area contributed by atoms with Crippen molar-refractivity contribution < 1.29 is 5.11 Å². The molecule has 2 unspecified atom stereocenters. The second-order valence-corrected chi connectivity index (χ2v) is 6.87. The van der Waals surface area contributed by atoms with Crippen LogP contribution in [0.5, 0.6) is 0 Å². The van der Waals surface area contributed by atoms with Crippen molar-refractivity contribution in [2.75, 3.05) is 6.54 Å². The number of aliphatic hydroxyl groups excluding tert-OH is 1. The molecule has 0 spiro atoms. The average molecular weight is 303 g/mol. The first kappa shape index (κ1) is 17.5. The van der Waals surface area contributed by atoms with Crippen LogP contribution in [0.25, 0.3) is 0 Å². The molecule has 0 radical (unpaired) electrons. The number of aliphatic hydroxyl groups is 1. The molecule has 0 heterocycles. The molecule has 1 aliphatic carbocycles. The summed E-state index contributed by atoms with van der Waals surface area (Å²) in [5.74, 6) is 0.391. The molecule has 0 amide bonds. The lowest BCUT2D eigenvalue weighted by Gasteiger charge is -2.23. The summed E-state index contributed by atoms with van der Waals surface area (Å²) in [4.78, 5) is 0. The van der Waals surface area contributed by atoms with Crippen LogP contribution in [0, 0.1) is 5.92 Å². The Balaban J connectivity index is 1.70. The Bertz CT molecular complexity index is 406. The smallest absolute Gasteiger partial charge is 0.0699 e. The van der Waals surface area contributed by atoms with Crippen LogP contribution in [-0.4, -0.2) is 23.8 Å². The van der Waals surface area contributed by atoms with Gasteiger partial charge in [0, 0.05) is 12.6 Å². The fraction of sp³-hybridized carbons (Fsp3) is 0.700. The lowest BCUT2D eigenvalue weighted by molar-refractivity contribution is 0.107. The lowest BCUT2D eigenvalue weighted by atomic mass is 9.98. The summed E-state index contributed by atoms with van der Waals surface area (Å²) in [6.45, 7) is 5.24. The van der Waals surface area contributed by atoms with Crippen molar-refractivity contribution in [1.82, 2.24) is 5.32 Å². The van der Waals surface area contributed by atoms with Gasteiger partial charge in [0.15, 0.2) is 0 Å². The molecule has 2 atom stereocenters. The predicted octanol–water partition coefficient (Wildman–Crippen LogP) is 4.10. The highest BCUT2D eigenvalue weighted by Gasteiger charge is 2.27. The van der Waals surface area contributed by atoms with E-state index in [9.17, 15) is 5.11 Å². The van der Waals surface area contributed by atoms with Crippen molar-refractivity contribution in [2.24, 2.45) is 5.92 Å². The van der Waals surface area contributed by atoms with E-state index < -0.39 is 0 Å². The average Bonchev–Trinajstić information content (AvgIpc) is 2.98. The molecule has 0 saturated heterocycles. The van der Waals surface area contributed by atoms with Crippen molar-refractivity contribution in [3.05, 3.63) is 35.4 Å². The SMILES string of the molecule is CCCCCCC(CC)NCC(O)C1Cc2ccccc2C1. The Morgan fingerprint density at radius 3 is 2.36 bits per heavy atom. The van der Waals surface area contributed by atoms with Crippen molar-refractivity contribution in [2.45, 2.75) is 77.4 Å². The quantitative estimate of drug-likeness (QED) is 0.638. The fourth-order valence-corrected chi connectivity index (χ4v) is 3.59. The Hall–Kier alpha value is -0.860. The highest BCUT2D eigenvalue weighted by molar-refractivity contribution is 5.32. The van der Waals surface area contributed by atoms with Crippen LogP contribution < -0.4 is 5.32 Å². The van der Waals surface area contributed by atoms with Gasteiger partial charge in [0.25, 0.3) is 0 Å². The van der Waals surface area contributed by atoms with Crippen LogP contribution in [0.15, 0.2) is 24.3 Å². The minimum absolute atomic E-state index is 0.225. The summed E-state index contributed by atoms with van der Waals surface area (Å²) in [5, 5.41) is 14.1. The van der Waals surface area contributed by atoms with Crippen molar-refractivity contribution >= 4 is 0 Å². The van der Waals surface area contributed by atoms with Crippen molar-refractivity contribution in [1.29, 1.82) is 0 Å². The molecule has 124 valence electrons. The van der Waals surface area contributed by atoms with Crippen LogP contribution in [0.3, 0.4) is 0 Å². The van der Waals surface area contributed by atoms with Crippen LogP contribution in [0.2, 0.25) is 0 Å². The van der Waals surface area contributed by atoms with E-state index in [1.165, 1.54) is 43.2 Å². The number of unbranched alkanes of at least 4 members (excludes halogenated alkanes) is 3. The van der Waals surface area contributed by atoms with Crippen molar-refractivity contribution in [3.8, 4) is 0 Å². The predicted molar refractivity (Wildman–Crippen MR) is 94.2 cm³/mol. The van der Waals surface area contributed by atoms with Crippen LogP contribution in [0.4, 0.5) is 0 Å². The minimum Gasteiger partial charge on any atom is -0.391 e. The Labute approximate surface area is 136 Å². The molecule has 0 bridgehead atoms. The fourth-order valence-electron chi connectivity index (χ4n) is 3.59. The zero-order valence-corrected chi connectivity index (χ0v) is 14.4. The Morgan fingerprint density at radius 1 is 1.09 bits per heavy atom. The van der Waals surface area contributed by atoms with E-state index in [-0.39, 0.29) is 6.10 Å². The minimum atomic E-state index is -0.225. The maximum atomic E-state index is 10.5. The van der Waals surface area contributed by atoms with Crippen LogP contribution >= 0.6 is 0 Å². The van der Waals surface area contributed by atoms with Crippen molar-refractivity contribution in [3.63, 3.8) is 0 Å². The second kappa shape index (κ2) is 9.32. The summed E-state index contributed by atoms with van der Waals surface area (Å²) in [6.07, 6.45) is 9.54. The van der Waals surface area contributed by atoms with Gasteiger partial charge < -0.3 is 10.4 Å². The van der Waals surface area contributed by atoms with E-state index >= 15 is 0 Å². The van der Waals surface area contributed by atoms with E-state index in [0.29, 0.717) is 12.0 Å². The molecule has 0 fully saturated rings. The maximum absolute atomic E-state index is 10.5. The number of fused-ring (bicyclic) bond motifs is 1. The third-order valence-electron chi connectivity index (χ3n) is 5.14. The molecule has 0 aromatic heterocycles. The van der Waals surface area contributed by atoms with E-state index in [0.717, 1.165) is 25.8 Å². The molecule has 2 heteroatoms. The van der Waals surface area contributed by atoms with Crippen LogP contribution in [-0.2, 0) is 12.8 Å². The number of hydrogen-bond donors (Lipinski definition) is 2. The van der Waals surface area contributed by atoms with Gasteiger partial charge in [-0.1, -0.05) is 63.8 Å². The van der Waals surface area contributed by atoms with Gasteiger partial charge in [-0.2, -0.15) is 0 Å². The summed E-state index contributed by atoms with van der Waals surface area (Å²) in [6, 6.07) is 9.19. The molecule has 2 N–H and O–H groups in total. The van der Waals surface area contributed by atoms with E-state index in [2.05, 4.69) is 43.4 Å². The van der Waals surface area contributed by atoms with Gasteiger partial charge in [0.1, 0.15) is 0 Å². The third kappa shape index (κ3) is 5.10. The highest BCUT2D eigenvalue weighted by Crippen LogP contribution is 2.28. The number of rotatable bonds is 10. The maximum Gasteiger partial charge on any atom is 0.0699 e. The highest BCUT2D eigenvalue weighted by atomic mass is 16.3. The molecule has 1 aromatic rings. The second-order valence-electron chi connectivity index (χ2n) is 6.87. The molecule has 2 rings (SSSR count). The van der Waals surface area contributed by atoms with Gasteiger partial charge in [0.05, 0.1) is 6.10 Å². The lowest BCUT2D eigenvalue weighted by Crippen LogP contribution is -2.38. The first-order valence-electron chi connectivity index (χ1n) is 9.22. The molecular weight excluding hydrogens is 270 g/mol. The molecule has 0 aliphatic heterocycles. The number of benzene rings is 1. The van der Waals surface area contributed by atoms with Gasteiger partial charge in [0.2, 0.25) is 0 Å². The van der Waals surface area contributed by atoms with Gasteiger partial charge >= 0.3 is 0 Å². The monoisotopic (exact) mass is 303 g/mol. The van der Waals surface area contributed by atoms with Gasteiger partial charge in [-0.05, 0) is 42.7 Å². The number of nitrogens with one attached hydrogen (secondary N) is 1. The summed E-state index contributed by atoms with van der Waals surface area (Å²) in [5.41, 5.74) is 2.86. The first-order chi connectivity index (χ1) is 10.7.